The number of methoxy groups -OCH3 is 1. The molecule has 0 fully saturated rings. The maximum Gasteiger partial charge on any atom is 0.534 e. The van der Waals surface area contributed by atoms with E-state index >= 15 is 0 Å². The van der Waals surface area contributed by atoms with E-state index in [-0.39, 0.29) is 36.0 Å². The van der Waals surface area contributed by atoms with E-state index in [0.29, 0.717) is 0 Å². The smallest absolute Gasteiger partial charge is 0.493 e. The maximum atomic E-state index is 12.4. The largest absolute Gasteiger partial charge is 0.534 e. The van der Waals surface area contributed by atoms with Gasteiger partial charge < -0.3 is 18.4 Å². The molecule has 6 nitrogen and oxygen atoms in total. The zero-order valence-corrected chi connectivity index (χ0v) is 11.8. The third kappa shape index (κ3) is 2.80. The van der Waals surface area contributed by atoms with E-state index < -0.39 is 21.4 Å². The Labute approximate surface area is 118 Å². The Morgan fingerprint density at radius 3 is 2.43 bits per heavy atom. The van der Waals surface area contributed by atoms with Crippen molar-refractivity contribution in [2.45, 2.75) is 12.4 Å². The molecule has 1 aliphatic rings. The predicted molar refractivity (Wildman–Crippen MR) is 64.3 cm³/mol. The number of rotatable bonds is 3. The first-order valence-corrected chi connectivity index (χ1v) is 7.06. The van der Waals surface area contributed by atoms with Gasteiger partial charge in [-0.3, -0.25) is 0 Å². The second-order valence-corrected chi connectivity index (χ2v) is 5.58. The third-order valence-corrected chi connectivity index (χ3v) is 3.63. The normalized spacial score (nSPS) is 14.7. The zero-order valence-electron chi connectivity index (χ0n) is 11.0. The van der Waals surface area contributed by atoms with Crippen LogP contribution in [0.2, 0.25) is 0 Å². The molecule has 0 bridgehead atoms. The van der Waals surface area contributed by atoms with Crippen molar-refractivity contribution in [1.82, 2.24) is 0 Å². The second-order valence-electron chi connectivity index (χ2n) is 4.04. The summed E-state index contributed by atoms with van der Waals surface area (Å²) in [4.78, 5) is 0. The average Bonchev–Trinajstić information content (AvgIpc) is 2.40. The Balaban J connectivity index is 2.53. The fourth-order valence-electron chi connectivity index (χ4n) is 1.72. The molecule has 1 aliphatic heterocycles. The lowest BCUT2D eigenvalue weighted by Gasteiger charge is -2.23. The average molecular weight is 328 g/mol. The molecule has 0 saturated heterocycles. The van der Waals surface area contributed by atoms with Crippen molar-refractivity contribution in [3.8, 4) is 23.0 Å². The topological polar surface area (TPSA) is 71.1 Å². The molecular formula is C11H11F3O6S. The molecular weight excluding hydrogens is 317 g/mol. The number of halogens is 3. The van der Waals surface area contributed by atoms with Gasteiger partial charge in [0.05, 0.1) is 7.11 Å². The van der Waals surface area contributed by atoms with Gasteiger partial charge in [0, 0.05) is 11.6 Å². The van der Waals surface area contributed by atoms with Crippen LogP contribution < -0.4 is 18.4 Å². The molecule has 0 saturated carbocycles. The van der Waals surface area contributed by atoms with Crippen LogP contribution in [0.5, 0.6) is 23.0 Å². The molecule has 0 atom stereocenters. The highest BCUT2D eigenvalue weighted by Crippen LogP contribution is 2.46. The minimum atomic E-state index is -5.81. The summed E-state index contributed by atoms with van der Waals surface area (Å²) >= 11 is 0. The number of benzene rings is 1. The molecule has 1 aromatic rings. The fraction of sp³-hybridized carbons (Fsp3) is 0.455. The summed E-state index contributed by atoms with van der Waals surface area (Å²) in [5.41, 5.74) is -5.51. The van der Waals surface area contributed by atoms with Gasteiger partial charge in [0.15, 0.2) is 23.0 Å². The highest BCUT2D eigenvalue weighted by molar-refractivity contribution is 7.88. The molecule has 2 rings (SSSR count). The molecule has 0 aromatic heterocycles. The first-order valence-electron chi connectivity index (χ1n) is 5.65. The Morgan fingerprint density at radius 1 is 1.24 bits per heavy atom. The van der Waals surface area contributed by atoms with E-state index in [4.69, 9.17) is 14.2 Å². The van der Waals surface area contributed by atoms with Crippen molar-refractivity contribution in [1.29, 1.82) is 0 Å². The van der Waals surface area contributed by atoms with Crippen LogP contribution in [0.15, 0.2) is 6.07 Å². The van der Waals surface area contributed by atoms with Gasteiger partial charge in [-0.2, -0.15) is 21.6 Å². The molecule has 10 heteroatoms. The lowest BCUT2D eigenvalue weighted by atomic mass is 10.1. The van der Waals surface area contributed by atoms with Crippen LogP contribution in [-0.4, -0.2) is 34.2 Å². The Bertz CT molecular complexity index is 653. The van der Waals surface area contributed by atoms with Crippen LogP contribution in [0.1, 0.15) is 5.56 Å². The fourth-order valence-corrected chi connectivity index (χ4v) is 2.24. The predicted octanol–water partition coefficient (Wildman–Crippen LogP) is 2.00. The Morgan fingerprint density at radius 2 is 1.86 bits per heavy atom. The zero-order chi connectivity index (χ0) is 15.8. The summed E-state index contributed by atoms with van der Waals surface area (Å²) in [5, 5.41) is 0. The molecule has 0 aliphatic carbocycles. The number of hydrogen-bond donors (Lipinski definition) is 0. The quantitative estimate of drug-likeness (QED) is 0.624. The monoisotopic (exact) mass is 328 g/mol. The highest BCUT2D eigenvalue weighted by Gasteiger charge is 2.49. The maximum absolute atomic E-state index is 12.4. The molecule has 1 aromatic carbocycles. The van der Waals surface area contributed by atoms with Crippen molar-refractivity contribution >= 4 is 10.1 Å². The molecule has 0 amide bonds. The standard InChI is InChI=1S/C11H11F3O6S/c1-6-9-8(18-3-4-19-9)5-7(17-2)10(6)20-21(15,16)11(12,13)14/h5H,3-4H2,1-2H3. The van der Waals surface area contributed by atoms with Crippen LogP contribution >= 0.6 is 0 Å². The first kappa shape index (κ1) is 15.5. The van der Waals surface area contributed by atoms with Gasteiger partial charge in [-0.25, -0.2) is 0 Å². The summed E-state index contributed by atoms with van der Waals surface area (Å²) < 4.78 is 79.1. The molecule has 118 valence electrons. The lowest BCUT2D eigenvalue weighted by molar-refractivity contribution is -0.0500. The molecule has 21 heavy (non-hydrogen) atoms. The van der Waals surface area contributed by atoms with E-state index in [1.807, 2.05) is 0 Å². The molecule has 0 spiro atoms. The third-order valence-electron chi connectivity index (χ3n) is 2.67. The van der Waals surface area contributed by atoms with Gasteiger partial charge in [-0.1, -0.05) is 0 Å². The Hall–Kier alpha value is -1.84. The van der Waals surface area contributed by atoms with Gasteiger partial charge in [0.1, 0.15) is 13.2 Å². The van der Waals surface area contributed by atoms with Crippen LogP contribution in [0.25, 0.3) is 0 Å². The SMILES string of the molecule is COc1cc2c(c(C)c1OS(=O)(=O)C(F)(F)F)OCCO2. The minimum Gasteiger partial charge on any atom is -0.493 e. The van der Waals surface area contributed by atoms with Gasteiger partial charge in [-0.05, 0) is 6.92 Å². The van der Waals surface area contributed by atoms with E-state index in [2.05, 4.69) is 4.18 Å². The molecule has 0 unspecified atom stereocenters. The van der Waals surface area contributed by atoms with E-state index in [1.165, 1.54) is 13.0 Å². The van der Waals surface area contributed by atoms with E-state index in [1.54, 1.807) is 0 Å². The van der Waals surface area contributed by atoms with Crippen LogP contribution in [0, 0.1) is 6.92 Å². The second kappa shape index (κ2) is 5.17. The summed E-state index contributed by atoms with van der Waals surface area (Å²) in [6.07, 6.45) is 0. The first-order chi connectivity index (χ1) is 9.67. The van der Waals surface area contributed by atoms with Crippen molar-refractivity contribution in [3.05, 3.63) is 11.6 Å². The molecule has 1 heterocycles. The van der Waals surface area contributed by atoms with Gasteiger partial charge in [0.2, 0.25) is 0 Å². The summed E-state index contributed by atoms with van der Waals surface area (Å²) in [5.74, 6) is -0.426. The van der Waals surface area contributed by atoms with Gasteiger partial charge >= 0.3 is 15.6 Å². The van der Waals surface area contributed by atoms with Crippen molar-refractivity contribution < 1.29 is 40.0 Å². The van der Waals surface area contributed by atoms with Crippen molar-refractivity contribution in [2.75, 3.05) is 20.3 Å². The van der Waals surface area contributed by atoms with E-state index in [9.17, 15) is 21.6 Å². The van der Waals surface area contributed by atoms with Crippen LogP contribution in [-0.2, 0) is 10.1 Å². The summed E-state index contributed by atoms with van der Waals surface area (Å²) in [6.45, 7) is 1.79. The minimum absolute atomic E-state index is 0.0388. The number of alkyl halides is 3. The van der Waals surface area contributed by atoms with Crippen LogP contribution in [0.4, 0.5) is 13.2 Å². The lowest BCUT2D eigenvalue weighted by Crippen LogP contribution is -2.28. The Kier molecular flexibility index (Phi) is 3.83. The number of fused-ring (bicyclic) bond motifs is 1. The number of ether oxygens (including phenoxy) is 3. The molecule has 0 N–H and O–H groups in total. The molecule has 0 radical (unpaired) electrons. The summed E-state index contributed by atoms with van der Waals surface area (Å²) in [7, 11) is -4.64. The van der Waals surface area contributed by atoms with Crippen LogP contribution in [0.3, 0.4) is 0 Å². The van der Waals surface area contributed by atoms with Crippen molar-refractivity contribution in [2.24, 2.45) is 0 Å². The highest BCUT2D eigenvalue weighted by atomic mass is 32.2. The summed E-state index contributed by atoms with van der Waals surface area (Å²) in [6, 6.07) is 1.21. The van der Waals surface area contributed by atoms with Gasteiger partial charge in [-0.15, -0.1) is 0 Å². The van der Waals surface area contributed by atoms with Crippen molar-refractivity contribution in [3.63, 3.8) is 0 Å². The number of hydrogen-bond acceptors (Lipinski definition) is 6. The van der Waals surface area contributed by atoms with E-state index in [0.717, 1.165) is 7.11 Å². The van der Waals surface area contributed by atoms with Gasteiger partial charge in [0.25, 0.3) is 0 Å².